The molecule has 0 amide bonds. The number of hydrogen-bond acceptors (Lipinski definition) is 13. The zero-order valence-corrected chi connectivity index (χ0v) is 19.7. The van der Waals surface area contributed by atoms with Gasteiger partial charge in [0, 0.05) is 54.3 Å². The molecule has 16 N–H and O–H groups in total. The number of aromatic nitrogens is 16. The predicted molar refractivity (Wildman–Crippen MR) is 117 cm³/mol. The third-order valence-corrected chi connectivity index (χ3v) is 1.76. The van der Waals surface area contributed by atoms with Gasteiger partial charge in [0.25, 0.3) is 11.9 Å². The molecule has 0 spiro atoms. The SMILES string of the molecule is C.II.N(c1nnn[n-]1)=c1[n-]nn[nH]1.[Cu].[NH2-].[NH2-].[NH4+].[NH4+].n1nc(Nc2nn[nH]n2)n[nH]1. The number of tetrazole rings is 4. The minimum absolute atomic E-state index is 0. The van der Waals surface area contributed by atoms with E-state index in [4.69, 9.17) is 0 Å². The number of aromatic amines is 3. The van der Waals surface area contributed by atoms with Gasteiger partial charge in [-0.15, -0.1) is 20.6 Å². The zero-order valence-electron chi connectivity index (χ0n) is 14.5. The van der Waals surface area contributed by atoms with Crippen LogP contribution in [0.4, 0.5) is 17.8 Å². The Morgan fingerprint density at radius 2 is 1.40 bits per heavy atom. The van der Waals surface area contributed by atoms with E-state index in [1.807, 2.05) is 0 Å². The number of rotatable bonds is 3. The molecule has 0 aromatic carbocycles. The molecule has 30 heavy (non-hydrogen) atoms. The summed E-state index contributed by atoms with van der Waals surface area (Å²) in [7, 11) is 0. The standard InChI is InChI=1S/C2H3N9.C2HN9.CH4.Cu.I2.2H3N.2H2N/c2*3(1-4-8-9-5-1)2-6-10-11-7-2;;;1-2;;;;/h(H3,3,4,5,6,7,8,9,10,11);(H-2,3,4,5,6,7,8,9,10,11);1H4;;;2*1H3;2*1H2/q;-2;;;;;;2*-1/p+2. The van der Waals surface area contributed by atoms with Crippen LogP contribution in [0.5, 0.6) is 0 Å². The zero-order chi connectivity index (χ0) is 17.0. The van der Waals surface area contributed by atoms with Gasteiger partial charge in [-0.05, 0) is 10.4 Å². The topological polar surface area (TPSA) is 382 Å². The van der Waals surface area contributed by atoms with Gasteiger partial charge in [0.2, 0.25) is 0 Å². The van der Waals surface area contributed by atoms with Crippen molar-refractivity contribution in [2.24, 2.45) is 4.99 Å². The summed E-state index contributed by atoms with van der Waals surface area (Å²) in [4.78, 5) is 3.72. The molecule has 0 aliphatic carbocycles. The van der Waals surface area contributed by atoms with Crippen LogP contribution in [0, 0.1) is 0 Å². The maximum atomic E-state index is 3.72. The monoisotopic (exact) mass is 705 g/mol. The summed E-state index contributed by atoms with van der Waals surface area (Å²) in [6, 6.07) is 0. The smallest absolute Gasteiger partial charge is 0.270 e. The van der Waals surface area contributed by atoms with Gasteiger partial charge >= 0.3 is 0 Å². The first-order chi connectivity index (χ1) is 11.9. The molecule has 4 rings (SSSR count). The second kappa shape index (κ2) is 23.0. The van der Waals surface area contributed by atoms with Crippen LogP contribution >= 0.6 is 37.2 Å². The molecule has 4 aromatic rings. The van der Waals surface area contributed by atoms with Crippen LogP contribution in [0.2, 0.25) is 0 Å². The predicted octanol–water partition coefficient (Wildman–Crippen LogP) is 0.184. The van der Waals surface area contributed by atoms with Crippen LogP contribution in [0.3, 0.4) is 0 Å². The molecule has 4 heterocycles. The first kappa shape index (κ1) is 38.3. The third kappa shape index (κ3) is 13.8. The molecule has 0 unspecified atom stereocenters. The fourth-order valence-electron chi connectivity index (χ4n) is 1.01. The summed E-state index contributed by atoms with van der Waals surface area (Å²) in [6.45, 7) is 0. The van der Waals surface area contributed by atoms with Crippen LogP contribution in [-0.4, -0.2) is 72.3 Å². The quantitative estimate of drug-likeness (QED) is 0.122. The molecule has 177 valence electrons. The average Bonchev–Trinajstić information content (AvgIpc) is 3.41. The first-order valence-electron chi connectivity index (χ1n) is 5.42. The summed E-state index contributed by atoms with van der Waals surface area (Å²) in [5.41, 5.74) is 0.222. The van der Waals surface area contributed by atoms with E-state index in [2.05, 4.69) is 130 Å². The van der Waals surface area contributed by atoms with Crippen LogP contribution in [0.1, 0.15) is 7.43 Å². The van der Waals surface area contributed by atoms with Crippen molar-refractivity contribution < 1.29 is 17.1 Å². The molecule has 22 nitrogen and oxygen atoms in total. The number of quaternary nitrogens is 2. The normalized spacial score (nSPS) is 8.27. The number of H-pyrrole nitrogens is 3. The Hall–Kier alpha value is -2.30. The molecule has 0 fully saturated rings. The van der Waals surface area contributed by atoms with E-state index in [1.54, 1.807) is 0 Å². The Morgan fingerprint density at radius 1 is 0.833 bits per heavy atom. The Morgan fingerprint density at radius 3 is 1.77 bits per heavy atom. The minimum atomic E-state index is 0. The number of halogens is 2. The second-order valence-corrected chi connectivity index (χ2v) is 3.11. The van der Waals surface area contributed by atoms with Crippen molar-refractivity contribution in [3.05, 3.63) is 17.9 Å². The van der Waals surface area contributed by atoms with Gasteiger partial charge < -0.3 is 34.7 Å². The van der Waals surface area contributed by atoms with E-state index in [0.717, 1.165) is 0 Å². The number of anilines is 2. The van der Waals surface area contributed by atoms with E-state index in [-0.39, 0.29) is 60.7 Å². The summed E-state index contributed by atoms with van der Waals surface area (Å²) in [5.74, 6) is 0.723. The Kier molecular flexibility index (Phi) is 29.4. The van der Waals surface area contributed by atoms with E-state index < -0.39 is 0 Å². The molecule has 0 aliphatic rings. The van der Waals surface area contributed by atoms with Gasteiger partial charge in [-0.2, -0.15) is 15.6 Å². The van der Waals surface area contributed by atoms with Gasteiger partial charge in [0.05, 0.1) is 5.62 Å². The summed E-state index contributed by atoms with van der Waals surface area (Å²) < 4.78 is 0. The first-order valence-corrected chi connectivity index (χ1v) is 11.7. The maximum absolute atomic E-state index is 3.72. The molecule has 0 aliphatic heterocycles. The maximum Gasteiger partial charge on any atom is 0.270 e. The van der Waals surface area contributed by atoms with E-state index in [1.165, 1.54) is 0 Å². The third-order valence-electron chi connectivity index (χ3n) is 1.76. The summed E-state index contributed by atoms with van der Waals surface area (Å²) in [5, 5.41) is 54.0. The molecule has 0 bridgehead atoms. The molecule has 1 radical (unpaired) electrons. The van der Waals surface area contributed by atoms with Crippen LogP contribution in [0.15, 0.2) is 4.99 Å². The van der Waals surface area contributed by atoms with Gasteiger partial charge in [0.1, 0.15) is 5.95 Å². The molecular weight excluding hydrogens is 686 g/mol. The van der Waals surface area contributed by atoms with E-state index in [9.17, 15) is 0 Å². The summed E-state index contributed by atoms with van der Waals surface area (Å²) >= 11 is 4.24. The van der Waals surface area contributed by atoms with Crippen molar-refractivity contribution in [3.8, 4) is 0 Å². The Balaban J connectivity index is -0.000000108. The molecule has 0 saturated heterocycles. The number of nitrogens with zero attached hydrogens (tertiary/aromatic N) is 14. The van der Waals surface area contributed by atoms with Gasteiger partial charge in [-0.3, -0.25) is 10.4 Å². The van der Waals surface area contributed by atoms with Crippen molar-refractivity contribution in [2.75, 3.05) is 5.32 Å². The van der Waals surface area contributed by atoms with Crippen molar-refractivity contribution in [1.29, 1.82) is 0 Å². The molecular formula is C5H20CuI2N22-2. The molecule has 25 heteroatoms. The molecule has 0 saturated carbocycles. The Labute approximate surface area is 201 Å². The van der Waals surface area contributed by atoms with Crippen molar-refractivity contribution in [2.45, 2.75) is 7.43 Å². The average molecular weight is 706 g/mol. The number of hydrogen-bond donors (Lipinski definition) is 6. The van der Waals surface area contributed by atoms with Crippen molar-refractivity contribution >= 4 is 55.1 Å². The fourth-order valence-corrected chi connectivity index (χ4v) is 1.01. The van der Waals surface area contributed by atoms with Crippen LogP contribution in [-0.2, 0) is 17.1 Å². The van der Waals surface area contributed by atoms with Gasteiger partial charge in [-0.25, -0.2) is 15.4 Å². The largest absolute Gasteiger partial charge is 0.693 e. The molecule has 4 aromatic heterocycles. The van der Waals surface area contributed by atoms with Crippen molar-refractivity contribution in [3.63, 3.8) is 0 Å². The van der Waals surface area contributed by atoms with Crippen LogP contribution < -0.4 is 33.4 Å². The van der Waals surface area contributed by atoms with E-state index >= 15 is 0 Å². The number of nitrogens with two attached hydrogens (primary N) is 2. The van der Waals surface area contributed by atoms with Gasteiger partial charge in [0.15, 0.2) is 0 Å². The van der Waals surface area contributed by atoms with Gasteiger partial charge in [-0.1, -0.05) is 17.6 Å². The number of nitrogens with one attached hydrogen (secondary N) is 4. The minimum Gasteiger partial charge on any atom is -0.693 e. The Bertz CT molecular complexity index is 768. The second-order valence-electron chi connectivity index (χ2n) is 3.11. The van der Waals surface area contributed by atoms with Crippen molar-refractivity contribution in [1.82, 2.24) is 94.8 Å². The summed E-state index contributed by atoms with van der Waals surface area (Å²) in [6.07, 6.45) is 0. The van der Waals surface area contributed by atoms with Crippen LogP contribution in [0.25, 0.3) is 12.3 Å². The fraction of sp³-hybridized carbons (Fsp3) is 0.200. The molecule has 0 atom stereocenters. The van der Waals surface area contributed by atoms with E-state index in [0.29, 0.717) is 11.9 Å².